The lowest BCUT2D eigenvalue weighted by molar-refractivity contribution is 0.137. The Labute approximate surface area is 161 Å². The molecule has 26 heavy (non-hydrogen) atoms. The smallest absolute Gasteiger partial charge is 0.191 e. The van der Waals surface area contributed by atoms with Gasteiger partial charge in [0.1, 0.15) is 0 Å². The molecule has 2 fully saturated rings. The van der Waals surface area contributed by atoms with Gasteiger partial charge in [0.25, 0.3) is 0 Å². The Balaban J connectivity index is 1.82. The van der Waals surface area contributed by atoms with Crippen LogP contribution in [-0.2, 0) is 0 Å². The highest BCUT2D eigenvalue weighted by atomic mass is 16.3. The molecule has 0 aromatic carbocycles. The molecule has 5 heteroatoms. The van der Waals surface area contributed by atoms with Crippen molar-refractivity contribution in [3.63, 3.8) is 0 Å². The third kappa shape index (κ3) is 7.43. The summed E-state index contributed by atoms with van der Waals surface area (Å²) in [6, 6.07) is 0. The highest BCUT2D eigenvalue weighted by Gasteiger charge is 2.31. The summed E-state index contributed by atoms with van der Waals surface area (Å²) in [5.74, 6) is 1.57. The maximum atomic E-state index is 9.50. The number of rotatable bonds is 9. The first kappa shape index (κ1) is 21.5. The molecule has 1 saturated carbocycles. The van der Waals surface area contributed by atoms with E-state index in [1.807, 2.05) is 0 Å². The molecule has 3 N–H and O–H groups in total. The van der Waals surface area contributed by atoms with Crippen LogP contribution in [0, 0.1) is 11.3 Å². The van der Waals surface area contributed by atoms with E-state index >= 15 is 0 Å². The molecular weight excluding hydrogens is 324 g/mol. The van der Waals surface area contributed by atoms with Gasteiger partial charge >= 0.3 is 0 Å². The number of aliphatic hydroxyl groups is 1. The average molecular weight is 367 g/mol. The number of aliphatic imine (C=N–C) groups is 1. The SMILES string of the molecule is CCNC(=NCC1(CCO)CCCCC1)NCC(C)CN1CCCCC1. The van der Waals surface area contributed by atoms with E-state index in [0.717, 1.165) is 32.0 Å². The van der Waals surface area contributed by atoms with E-state index in [1.54, 1.807) is 0 Å². The van der Waals surface area contributed by atoms with Crippen LogP contribution in [0.5, 0.6) is 0 Å². The number of piperidine rings is 1. The van der Waals surface area contributed by atoms with Gasteiger partial charge in [-0.25, -0.2) is 0 Å². The molecule has 0 bridgehead atoms. The molecule has 1 saturated heterocycles. The molecule has 1 atom stereocenters. The van der Waals surface area contributed by atoms with Crippen LogP contribution in [0.4, 0.5) is 0 Å². The van der Waals surface area contributed by atoms with Crippen LogP contribution in [0.15, 0.2) is 4.99 Å². The second-order valence-electron chi connectivity index (χ2n) is 8.58. The highest BCUT2D eigenvalue weighted by Crippen LogP contribution is 2.39. The lowest BCUT2D eigenvalue weighted by Gasteiger charge is -2.36. The molecule has 1 unspecified atom stereocenters. The van der Waals surface area contributed by atoms with Crippen molar-refractivity contribution < 1.29 is 5.11 Å². The van der Waals surface area contributed by atoms with Crippen molar-refractivity contribution in [1.82, 2.24) is 15.5 Å². The van der Waals surface area contributed by atoms with Crippen LogP contribution >= 0.6 is 0 Å². The number of hydrogen-bond acceptors (Lipinski definition) is 3. The van der Waals surface area contributed by atoms with E-state index < -0.39 is 0 Å². The number of nitrogens with zero attached hydrogens (tertiary/aromatic N) is 2. The molecule has 0 spiro atoms. The number of nitrogens with one attached hydrogen (secondary N) is 2. The highest BCUT2D eigenvalue weighted by molar-refractivity contribution is 5.79. The standard InChI is InChI=1S/C21H42N4O/c1-3-22-20(23-16-19(2)17-25-13-8-5-9-14-25)24-18-21(12-15-26)10-6-4-7-11-21/h19,26H,3-18H2,1-2H3,(H2,22,23,24). The first-order chi connectivity index (χ1) is 12.7. The third-order valence-electron chi connectivity index (χ3n) is 6.11. The number of guanidine groups is 1. The summed E-state index contributed by atoms with van der Waals surface area (Å²) < 4.78 is 0. The van der Waals surface area contributed by atoms with E-state index in [1.165, 1.54) is 71.0 Å². The first-order valence-corrected chi connectivity index (χ1v) is 11.0. The minimum Gasteiger partial charge on any atom is -0.396 e. The molecule has 5 nitrogen and oxygen atoms in total. The zero-order chi connectivity index (χ0) is 18.7. The van der Waals surface area contributed by atoms with Crippen LogP contribution in [0.3, 0.4) is 0 Å². The fraction of sp³-hybridized carbons (Fsp3) is 0.952. The van der Waals surface area contributed by atoms with E-state index in [4.69, 9.17) is 4.99 Å². The Bertz CT molecular complexity index is 395. The van der Waals surface area contributed by atoms with Crippen LogP contribution in [-0.4, -0.2) is 61.8 Å². The molecule has 1 heterocycles. The minimum absolute atomic E-state index is 0.217. The van der Waals surface area contributed by atoms with Gasteiger partial charge in [0.15, 0.2) is 5.96 Å². The summed E-state index contributed by atoms with van der Waals surface area (Å²) in [5, 5.41) is 16.5. The van der Waals surface area contributed by atoms with Gasteiger partial charge in [-0.3, -0.25) is 4.99 Å². The average Bonchev–Trinajstić information content (AvgIpc) is 2.66. The van der Waals surface area contributed by atoms with Crippen LogP contribution in [0.25, 0.3) is 0 Å². The summed E-state index contributed by atoms with van der Waals surface area (Å²) in [6.07, 6.45) is 11.3. The number of likely N-dealkylation sites (tertiary alicyclic amines) is 1. The summed E-state index contributed by atoms with van der Waals surface area (Å²) in [7, 11) is 0. The van der Waals surface area contributed by atoms with Gasteiger partial charge in [0, 0.05) is 32.8 Å². The van der Waals surface area contributed by atoms with E-state index in [0.29, 0.717) is 5.92 Å². The monoisotopic (exact) mass is 366 g/mol. The lowest BCUT2D eigenvalue weighted by Crippen LogP contribution is -2.43. The lowest BCUT2D eigenvalue weighted by atomic mass is 9.72. The summed E-state index contributed by atoms with van der Waals surface area (Å²) in [5.41, 5.74) is 0.217. The predicted octanol–water partition coefficient (Wildman–Crippen LogP) is 3.00. The fourth-order valence-electron chi connectivity index (χ4n) is 4.53. The molecule has 2 aliphatic rings. The van der Waals surface area contributed by atoms with Gasteiger partial charge in [-0.15, -0.1) is 0 Å². The van der Waals surface area contributed by atoms with Gasteiger partial charge in [0.2, 0.25) is 0 Å². The Morgan fingerprint density at radius 2 is 1.77 bits per heavy atom. The van der Waals surface area contributed by atoms with Gasteiger partial charge in [-0.05, 0) is 63.5 Å². The van der Waals surface area contributed by atoms with Crippen molar-refractivity contribution in [3.05, 3.63) is 0 Å². The zero-order valence-electron chi connectivity index (χ0n) is 17.2. The van der Waals surface area contributed by atoms with Gasteiger partial charge in [-0.2, -0.15) is 0 Å². The Hall–Kier alpha value is -0.810. The van der Waals surface area contributed by atoms with Crippen molar-refractivity contribution >= 4 is 5.96 Å². The normalized spacial score (nSPS) is 22.8. The van der Waals surface area contributed by atoms with Crippen LogP contribution in [0.1, 0.15) is 71.6 Å². The number of hydrogen-bond donors (Lipinski definition) is 3. The van der Waals surface area contributed by atoms with Crippen molar-refractivity contribution in [2.45, 2.75) is 71.6 Å². The van der Waals surface area contributed by atoms with Crippen LogP contribution in [0.2, 0.25) is 0 Å². The van der Waals surface area contributed by atoms with E-state index in [9.17, 15) is 5.11 Å². The van der Waals surface area contributed by atoms with Gasteiger partial charge < -0.3 is 20.6 Å². The van der Waals surface area contributed by atoms with Gasteiger partial charge in [-0.1, -0.05) is 32.6 Å². The largest absolute Gasteiger partial charge is 0.396 e. The van der Waals surface area contributed by atoms with Crippen molar-refractivity contribution in [1.29, 1.82) is 0 Å². The molecule has 0 aromatic rings. The van der Waals surface area contributed by atoms with Gasteiger partial charge in [0.05, 0.1) is 0 Å². The minimum atomic E-state index is 0.217. The second-order valence-corrected chi connectivity index (χ2v) is 8.58. The Kier molecular flexibility index (Phi) is 9.76. The molecule has 152 valence electrons. The number of aliphatic hydroxyl groups excluding tert-OH is 1. The maximum absolute atomic E-state index is 9.50. The Morgan fingerprint density at radius 1 is 1.08 bits per heavy atom. The van der Waals surface area contributed by atoms with Crippen molar-refractivity contribution in [2.24, 2.45) is 16.3 Å². The third-order valence-corrected chi connectivity index (χ3v) is 6.11. The maximum Gasteiger partial charge on any atom is 0.191 e. The zero-order valence-corrected chi connectivity index (χ0v) is 17.2. The molecule has 2 rings (SSSR count). The fourth-order valence-corrected chi connectivity index (χ4v) is 4.53. The van der Waals surface area contributed by atoms with E-state index in [-0.39, 0.29) is 12.0 Å². The molecular formula is C21H42N4O. The summed E-state index contributed by atoms with van der Waals surface area (Å²) in [6.45, 7) is 11.1. The van der Waals surface area contributed by atoms with Crippen LogP contribution < -0.4 is 10.6 Å². The van der Waals surface area contributed by atoms with E-state index in [2.05, 4.69) is 29.4 Å². The Morgan fingerprint density at radius 3 is 2.42 bits per heavy atom. The van der Waals surface area contributed by atoms with Crippen molar-refractivity contribution in [2.75, 3.05) is 45.9 Å². The molecule has 1 aliphatic heterocycles. The quantitative estimate of drug-likeness (QED) is 0.434. The summed E-state index contributed by atoms with van der Waals surface area (Å²) in [4.78, 5) is 7.53. The molecule has 0 amide bonds. The molecule has 1 aliphatic carbocycles. The molecule has 0 radical (unpaired) electrons. The second kappa shape index (κ2) is 11.8. The first-order valence-electron chi connectivity index (χ1n) is 11.0. The molecule has 0 aromatic heterocycles. The summed E-state index contributed by atoms with van der Waals surface area (Å²) >= 11 is 0. The predicted molar refractivity (Wildman–Crippen MR) is 111 cm³/mol. The van der Waals surface area contributed by atoms with Crippen molar-refractivity contribution in [3.8, 4) is 0 Å². The topological polar surface area (TPSA) is 59.9 Å².